The Morgan fingerprint density at radius 1 is 1.50 bits per heavy atom. The molecule has 0 aromatic heterocycles. The van der Waals surface area contributed by atoms with Crippen LogP contribution in [0.1, 0.15) is 46.0 Å². The Hall–Kier alpha value is -1.20. The summed E-state index contributed by atoms with van der Waals surface area (Å²) in [5.41, 5.74) is 2.51. The Morgan fingerprint density at radius 3 is 2.83 bits per heavy atom. The zero-order valence-electron chi connectivity index (χ0n) is 11.2. The highest BCUT2D eigenvalue weighted by Crippen LogP contribution is 2.19. The number of piperidine rings is 1. The fraction of sp³-hybridized carbons (Fsp3) is 0.692. The van der Waals surface area contributed by atoms with Gasteiger partial charge in [-0.15, -0.1) is 0 Å². The molecule has 18 heavy (non-hydrogen) atoms. The van der Waals surface area contributed by atoms with E-state index in [0.29, 0.717) is 12.8 Å². The smallest absolute Gasteiger partial charge is 0.229 e. The number of imide groups is 1. The maximum atomic E-state index is 11.5. The van der Waals surface area contributed by atoms with Crippen LogP contribution in [0.2, 0.25) is 0 Å². The first-order valence-corrected chi connectivity index (χ1v) is 6.44. The van der Waals surface area contributed by atoms with Gasteiger partial charge in [-0.1, -0.05) is 12.2 Å². The second-order valence-electron chi connectivity index (χ2n) is 5.35. The minimum atomic E-state index is -0.200. The van der Waals surface area contributed by atoms with Gasteiger partial charge in [0.2, 0.25) is 11.8 Å². The summed E-state index contributed by atoms with van der Waals surface area (Å²) < 4.78 is 0. The topological polar surface area (TPSA) is 84.2 Å². The molecule has 5 nitrogen and oxygen atoms in total. The number of hydrazine groups is 1. The lowest BCUT2D eigenvalue weighted by Gasteiger charge is -2.20. The van der Waals surface area contributed by atoms with E-state index in [2.05, 4.69) is 16.8 Å². The number of carbonyl (C=O) groups excluding carboxylic acids is 2. The van der Waals surface area contributed by atoms with Gasteiger partial charge in [-0.25, -0.2) is 0 Å². The first kappa shape index (κ1) is 14.9. The summed E-state index contributed by atoms with van der Waals surface area (Å²) in [6.45, 7) is 3.98. The van der Waals surface area contributed by atoms with E-state index in [4.69, 9.17) is 5.84 Å². The van der Waals surface area contributed by atoms with Crippen LogP contribution in [0.3, 0.4) is 0 Å². The van der Waals surface area contributed by atoms with E-state index in [9.17, 15) is 9.59 Å². The van der Waals surface area contributed by atoms with Crippen molar-refractivity contribution in [3.05, 3.63) is 12.2 Å². The average Bonchev–Trinajstić information content (AvgIpc) is 2.31. The summed E-state index contributed by atoms with van der Waals surface area (Å²) in [5, 5.41) is 2.38. The van der Waals surface area contributed by atoms with E-state index >= 15 is 0 Å². The van der Waals surface area contributed by atoms with E-state index in [1.807, 2.05) is 19.9 Å². The Bertz CT molecular complexity index is 337. The molecule has 0 saturated carbocycles. The second kappa shape index (κ2) is 6.66. The fourth-order valence-corrected chi connectivity index (χ4v) is 1.92. The molecule has 1 aliphatic rings. The van der Waals surface area contributed by atoms with Crippen LogP contribution in [0.4, 0.5) is 0 Å². The first-order chi connectivity index (χ1) is 8.44. The lowest BCUT2D eigenvalue weighted by molar-refractivity contribution is -0.136. The minimum Gasteiger partial charge on any atom is -0.296 e. The molecule has 1 fully saturated rings. The lowest BCUT2D eigenvalue weighted by Crippen LogP contribution is -2.42. The van der Waals surface area contributed by atoms with Crippen molar-refractivity contribution in [1.82, 2.24) is 10.7 Å². The number of hydrogen-bond donors (Lipinski definition) is 3. The normalized spacial score (nSPS) is 21.4. The van der Waals surface area contributed by atoms with Crippen LogP contribution in [0, 0.1) is 5.92 Å². The third-order valence-electron chi connectivity index (χ3n) is 3.18. The molecule has 1 saturated heterocycles. The van der Waals surface area contributed by atoms with Crippen molar-refractivity contribution >= 4 is 11.8 Å². The highest BCUT2D eigenvalue weighted by Gasteiger charge is 2.25. The van der Waals surface area contributed by atoms with Gasteiger partial charge in [-0.05, 0) is 39.5 Å². The molecule has 1 atom stereocenters. The van der Waals surface area contributed by atoms with Gasteiger partial charge in [0.1, 0.15) is 0 Å². The van der Waals surface area contributed by atoms with Gasteiger partial charge >= 0.3 is 0 Å². The van der Waals surface area contributed by atoms with Gasteiger partial charge in [0.05, 0.1) is 0 Å². The summed E-state index contributed by atoms with van der Waals surface area (Å²) >= 11 is 0. The molecule has 1 rings (SSSR count). The van der Waals surface area contributed by atoms with Crippen molar-refractivity contribution < 1.29 is 9.59 Å². The quantitative estimate of drug-likeness (QED) is 0.217. The third kappa shape index (κ3) is 4.98. The summed E-state index contributed by atoms with van der Waals surface area (Å²) in [4.78, 5) is 22.5. The molecule has 0 aliphatic carbocycles. The molecule has 0 aromatic rings. The summed E-state index contributed by atoms with van der Waals surface area (Å²) in [6.07, 6.45) is 7.95. The SMILES string of the molecule is CC(C)(/C=C/CCCC1CCC(=O)NC1=O)NN. The summed E-state index contributed by atoms with van der Waals surface area (Å²) in [6, 6.07) is 0. The van der Waals surface area contributed by atoms with Crippen molar-refractivity contribution in [2.45, 2.75) is 51.5 Å². The van der Waals surface area contributed by atoms with Gasteiger partial charge < -0.3 is 0 Å². The molecule has 1 heterocycles. The van der Waals surface area contributed by atoms with Crippen LogP contribution >= 0.6 is 0 Å². The molecule has 0 bridgehead atoms. The van der Waals surface area contributed by atoms with Crippen LogP contribution in [0.25, 0.3) is 0 Å². The number of unbranched alkanes of at least 4 members (excludes halogenated alkanes) is 1. The second-order valence-corrected chi connectivity index (χ2v) is 5.35. The van der Waals surface area contributed by atoms with Crippen LogP contribution in [-0.2, 0) is 9.59 Å². The largest absolute Gasteiger partial charge is 0.296 e. The minimum absolute atomic E-state index is 0.00302. The molecule has 5 heteroatoms. The van der Waals surface area contributed by atoms with Crippen molar-refractivity contribution in [3.8, 4) is 0 Å². The predicted molar refractivity (Wildman–Crippen MR) is 70.3 cm³/mol. The Balaban J connectivity index is 2.22. The highest BCUT2D eigenvalue weighted by molar-refractivity contribution is 5.98. The van der Waals surface area contributed by atoms with Crippen LogP contribution in [-0.4, -0.2) is 17.4 Å². The van der Waals surface area contributed by atoms with E-state index in [1.165, 1.54) is 0 Å². The molecule has 0 aromatic carbocycles. The van der Waals surface area contributed by atoms with Gasteiger partial charge in [0, 0.05) is 17.9 Å². The van der Waals surface area contributed by atoms with Gasteiger partial charge in [-0.3, -0.25) is 26.2 Å². The van der Waals surface area contributed by atoms with Crippen molar-refractivity contribution in [1.29, 1.82) is 0 Å². The number of nitrogens with one attached hydrogen (secondary N) is 2. The monoisotopic (exact) mass is 253 g/mol. The molecule has 102 valence electrons. The first-order valence-electron chi connectivity index (χ1n) is 6.44. The van der Waals surface area contributed by atoms with Crippen molar-refractivity contribution in [2.24, 2.45) is 11.8 Å². The number of hydrogen-bond acceptors (Lipinski definition) is 4. The Morgan fingerprint density at radius 2 is 2.22 bits per heavy atom. The maximum absolute atomic E-state index is 11.5. The van der Waals surface area contributed by atoms with Crippen molar-refractivity contribution in [2.75, 3.05) is 0 Å². The molecule has 0 spiro atoms. The number of carbonyl (C=O) groups is 2. The number of nitrogens with two attached hydrogens (primary N) is 1. The molecule has 0 radical (unpaired) electrons. The average molecular weight is 253 g/mol. The Kier molecular flexibility index (Phi) is 5.50. The summed E-state index contributed by atoms with van der Waals surface area (Å²) in [5.74, 6) is 5.12. The van der Waals surface area contributed by atoms with E-state index in [1.54, 1.807) is 0 Å². The maximum Gasteiger partial charge on any atom is 0.229 e. The molecule has 1 unspecified atom stereocenters. The highest BCUT2D eigenvalue weighted by atomic mass is 16.2. The molecular formula is C13H23N3O2. The van der Waals surface area contributed by atoms with Gasteiger partial charge in [-0.2, -0.15) is 0 Å². The molecular weight excluding hydrogens is 230 g/mol. The Labute approximate surface area is 108 Å². The van der Waals surface area contributed by atoms with Crippen LogP contribution < -0.4 is 16.6 Å². The number of allylic oxidation sites excluding steroid dienone is 1. The molecule has 4 N–H and O–H groups in total. The zero-order valence-corrected chi connectivity index (χ0v) is 11.2. The molecule has 1 aliphatic heterocycles. The van der Waals surface area contributed by atoms with Gasteiger partial charge in [0.15, 0.2) is 0 Å². The van der Waals surface area contributed by atoms with Crippen LogP contribution in [0.15, 0.2) is 12.2 Å². The van der Waals surface area contributed by atoms with Gasteiger partial charge in [0.25, 0.3) is 0 Å². The predicted octanol–water partition coefficient (Wildman–Crippen LogP) is 1.01. The number of rotatable bonds is 6. The summed E-state index contributed by atoms with van der Waals surface area (Å²) in [7, 11) is 0. The lowest BCUT2D eigenvalue weighted by atomic mass is 9.92. The zero-order chi connectivity index (χ0) is 13.6. The molecule has 2 amide bonds. The van der Waals surface area contributed by atoms with Crippen LogP contribution in [0.5, 0.6) is 0 Å². The fourth-order valence-electron chi connectivity index (χ4n) is 1.92. The van der Waals surface area contributed by atoms with E-state index < -0.39 is 0 Å². The van der Waals surface area contributed by atoms with Crippen molar-refractivity contribution in [3.63, 3.8) is 0 Å². The van der Waals surface area contributed by atoms with E-state index in [0.717, 1.165) is 19.3 Å². The number of amides is 2. The van der Waals surface area contributed by atoms with E-state index in [-0.39, 0.29) is 23.3 Å². The standard InChI is InChI=1S/C13H23N3O2/c1-13(2,16-14)9-5-3-4-6-10-7-8-11(17)15-12(10)18/h5,9-10,16H,3-4,6-8,14H2,1-2H3,(H,15,17,18)/b9-5+. The third-order valence-corrected chi connectivity index (χ3v) is 3.18.